The van der Waals surface area contributed by atoms with Gasteiger partial charge in [-0.25, -0.2) is 0 Å². The Hall–Kier alpha value is -1.17. The van der Waals surface area contributed by atoms with Gasteiger partial charge in [0.25, 0.3) is 0 Å². The number of hydrogen-bond donors (Lipinski definition) is 0. The van der Waals surface area contributed by atoms with Crippen molar-refractivity contribution in [1.29, 1.82) is 5.26 Å². The molecule has 10 heavy (non-hydrogen) atoms. The lowest BCUT2D eigenvalue weighted by atomic mass is 9.96. The summed E-state index contributed by atoms with van der Waals surface area (Å²) in [5.74, 6) is 0. The van der Waals surface area contributed by atoms with Crippen LogP contribution in [-0.2, 0) is 0 Å². The van der Waals surface area contributed by atoms with E-state index in [0.29, 0.717) is 5.70 Å². The number of nitrogens with zero attached hydrogens (tertiary/aromatic N) is 3. The summed E-state index contributed by atoms with van der Waals surface area (Å²) >= 11 is 0. The average Bonchev–Trinajstić information content (AvgIpc) is 2.10. The molecule has 1 rings (SSSR count). The van der Waals surface area contributed by atoms with Crippen molar-refractivity contribution < 1.29 is 0 Å². The molecule has 0 saturated heterocycles. The van der Waals surface area contributed by atoms with E-state index in [1.165, 1.54) is 0 Å². The highest BCUT2D eigenvalue weighted by molar-refractivity contribution is 5.34. The van der Waals surface area contributed by atoms with Crippen LogP contribution in [0.1, 0.15) is 20.8 Å². The number of hydrogen-bond acceptors (Lipinski definition) is 3. The maximum Gasteiger partial charge on any atom is 0.164 e. The van der Waals surface area contributed by atoms with Crippen LogP contribution in [0.2, 0.25) is 0 Å². The fraction of sp³-hybridized carbons (Fsp3) is 0.571. The van der Waals surface area contributed by atoms with E-state index in [1.54, 1.807) is 0 Å². The Morgan fingerprint density at radius 3 is 2.30 bits per heavy atom. The minimum Gasteiger partial charge on any atom is -0.191 e. The zero-order chi connectivity index (χ0) is 7.78. The Kier molecular flexibility index (Phi) is 1.33. The predicted molar refractivity (Wildman–Crippen MR) is 37.2 cm³/mol. The lowest BCUT2D eigenvalue weighted by Gasteiger charge is -2.12. The van der Waals surface area contributed by atoms with Crippen molar-refractivity contribution in [3.8, 4) is 6.07 Å². The zero-order valence-corrected chi connectivity index (χ0v) is 6.34. The summed E-state index contributed by atoms with van der Waals surface area (Å²) in [6.07, 6.45) is 0. The summed E-state index contributed by atoms with van der Waals surface area (Å²) in [4.78, 5) is 0. The standard InChI is InChI=1S/C7H9N3/c1-5-6(4-8)9-10-7(5,2)3/h1-3H3. The van der Waals surface area contributed by atoms with Crippen molar-refractivity contribution >= 4 is 0 Å². The van der Waals surface area contributed by atoms with E-state index in [1.807, 2.05) is 26.8 Å². The molecule has 0 aromatic heterocycles. The van der Waals surface area contributed by atoms with Gasteiger partial charge in [-0.2, -0.15) is 10.4 Å². The van der Waals surface area contributed by atoms with Crippen molar-refractivity contribution in [2.24, 2.45) is 10.2 Å². The van der Waals surface area contributed by atoms with Gasteiger partial charge in [0.15, 0.2) is 5.70 Å². The molecule has 3 heteroatoms. The molecule has 0 amide bonds. The molecule has 0 bridgehead atoms. The van der Waals surface area contributed by atoms with Gasteiger partial charge in [0.05, 0.1) is 0 Å². The maximum absolute atomic E-state index is 8.51. The molecule has 0 aromatic rings. The molecule has 0 aliphatic carbocycles. The van der Waals surface area contributed by atoms with Crippen molar-refractivity contribution in [2.45, 2.75) is 26.3 Å². The van der Waals surface area contributed by atoms with Gasteiger partial charge in [0.1, 0.15) is 11.6 Å². The molecule has 0 spiro atoms. The predicted octanol–water partition coefficient (Wildman–Crippen LogP) is 2.03. The Morgan fingerprint density at radius 2 is 2.10 bits per heavy atom. The van der Waals surface area contributed by atoms with Gasteiger partial charge in [-0.05, 0) is 26.3 Å². The van der Waals surface area contributed by atoms with Crippen LogP contribution in [0.4, 0.5) is 0 Å². The van der Waals surface area contributed by atoms with E-state index >= 15 is 0 Å². The van der Waals surface area contributed by atoms with Crippen LogP contribution in [0.15, 0.2) is 21.5 Å². The Labute approximate surface area is 60.1 Å². The minimum atomic E-state index is -0.259. The zero-order valence-electron chi connectivity index (χ0n) is 6.34. The van der Waals surface area contributed by atoms with Gasteiger partial charge >= 0.3 is 0 Å². The van der Waals surface area contributed by atoms with Crippen molar-refractivity contribution in [1.82, 2.24) is 0 Å². The van der Waals surface area contributed by atoms with Gasteiger partial charge in [0.2, 0.25) is 0 Å². The molecule has 1 heterocycles. The lowest BCUT2D eigenvalue weighted by molar-refractivity contribution is 0.609. The molecule has 0 saturated carbocycles. The van der Waals surface area contributed by atoms with Crippen LogP contribution in [0, 0.1) is 11.3 Å². The molecule has 0 aromatic carbocycles. The van der Waals surface area contributed by atoms with Crippen LogP contribution >= 0.6 is 0 Å². The first kappa shape index (κ1) is 6.94. The normalized spacial score (nSPS) is 21.4. The summed E-state index contributed by atoms with van der Waals surface area (Å²) in [7, 11) is 0. The van der Waals surface area contributed by atoms with Crippen molar-refractivity contribution in [2.75, 3.05) is 0 Å². The molecule has 52 valence electrons. The Bertz CT molecular complexity index is 253. The molecule has 0 radical (unpaired) electrons. The molecular formula is C7H9N3. The van der Waals surface area contributed by atoms with Gasteiger partial charge in [-0.1, -0.05) is 0 Å². The topological polar surface area (TPSA) is 48.5 Å². The Morgan fingerprint density at radius 1 is 1.50 bits per heavy atom. The summed E-state index contributed by atoms with van der Waals surface area (Å²) in [5.41, 5.74) is 1.16. The molecule has 0 atom stereocenters. The van der Waals surface area contributed by atoms with Gasteiger partial charge in [-0.15, -0.1) is 5.11 Å². The highest BCUT2D eigenvalue weighted by atomic mass is 15.2. The highest BCUT2D eigenvalue weighted by Crippen LogP contribution is 2.30. The molecular weight excluding hydrogens is 126 g/mol. The summed E-state index contributed by atoms with van der Waals surface area (Å²) < 4.78 is 0. The first-order valence-corrected chi connectivity index (χ1v) is 3.12. The largest absolute Gasteiger partial charge is 0.191 e. The van der Waals surface area contributed by atoms with Crippen molar-refractivity contribution in [3.63, 3.8) is 0 Å². The lowest BCUT2D eigenvalue weighted by Crippen LogP contribution is -2.14. The van der Waals surface area contributed by atoms with E-state index in [2.05, 4.69) is 10.2 Å². The number of nitriles is 1. The van der Waals surface area contributed by atoms with Crippen LogP contribution in [0.3, 0.4) is 0 Å². The van der Waals surface area contributed by atoms with Crippen molar-refractivity contribution in [3.05, 3.63) is 11.3 Å². The third-order valence-corrected chi connectivity index (χ3v) is 1.78. The van der Waals surface area contributed by atoms with E-state index in [4.69, 9.17) is 5.26 Å². The molecule has 1 aliphatic heterocycles. The monoisotopic (exact) mass is 135 g/mol. The van der Waals surface area contributed by atoms with Crippen LogP contribution in [0.25, 0.3) is 0 Å². The summed E-state index contributed by atoms with van der Waals surface area (Å²) in [6, 6.07) is 1.99. The van der Waals surface area contributed by atoms with E-state index in [9.17, 15) is 0 Å². The smallest absolute Gasteiger partial charge is 0.164 e. The van der Waals surface area contributed by atoms with Crippen LogP contribution < -0.4 is 0 Å². The molecule has 0 unspecified atom stereocenters. The minimum absolute atomic E-state index is 0.259. The summed E-state index contributed by atoms with van der Waals surface area (Å²) in [5, 5.41) is 16.2. The van der Waals surface area contributed by atoms with Crippen LogP contribution in [-0.4, -0.2) is 5.54 Å². The fourth-order valence-electron chi connectivity index (χ4n) is 0.721. The third kappa shape index (κ3) is 0.820. The van der Waals surface area contributed by atoms with Gasteiger partial charge in [-0.3, -0.25) is 0 Å². The number of azo groups is 1. The Balaban J connectivity index is 3.10. The highest BCUT2D eigenvalue weighted by Gasteiger charge is 2.27. The first-order chi connectivity index (χ1) is 4.58. The second-order valence-corrected chi connectivity index (χ2v) is 2.84. The second-order valence-electron chi connectivity index (χ2n) is 2.84. The van der Waals surface area contributed by atoms with Gasteiger partial charge < -0.3 is 0 Å². The van der Waals surface area contributed by atoms with E-state index < -0.39 is 0 Å². The van der Waals surface area contributed by atoms with Gasteiger partial charge in [0, 0.05) is 0 Å². The maximum atomic E-state index is 8.51. The molecule has 3 nitrogen and oxygen atoms in total. The molecule has 1 aliphatic rings. The summed E-state index contributed by atoms with van der Waals surface area (Å²) in [6.45, 7) is 5.77. The first-order valence-electron chi connectivity index (χ1n) is 3.12. The average molecular weight is 135 g/mol. The fourth-order valence-corrected chi connectivity index (χ4v) is 0.721. The molecule has 0 fully saturated rings. The second kappa shape index (κ2) is 1.91. The van der Waals surface area contributed by atoms with E-state index in [0.717, 1.165) is 5.57 Å². The third-order valence-electron chi connectivity index (χ3n) is 1.78. The van der Waals surface area contributed by atoms with Crippen LogP contribution in [0.5, 0.6) is 0 Å². The van der Waals surface area contributed by atoms with E-state index in [-0.39, 0.29) is 5.54 Å². The number of rotatable bonds is 0. The quantitative estimate of drug-likeness (QED) is 0.501. The molecule has 0 N–H and O–H groups in total. The number of allylic oxidation sites excluding steroid dienone is 1. The SMILES string of the molecule is CC1=C(C#N)N=NC1(C)C.